The standard InChI is InChI=1S/C17H15ClN2O2S/c1-20-15-8-7-13(22-2)9-14(15)19-17(20)23-10-16(21)11-3-5-12(18)6-4-11/h3-9H,10H2,1-2H3. The lowest BCUT2D eigenvalue weighted by Crippen LogP contribution is -2.03. The van der Waals surface area contributed by atoms with Crippen LogP contribution in [-0.2, 0) is 7.05 Å². The number of ether oxygens (including phenoxy) is 1. The van der Waals surface area contributed by atoms with Crippen molar-refractivity contribution in [3.63, 3.8) is 0 Å². The molecule has 1 heterocycles. The first-order valence-electron chi connectivity index (χ1n) is 7.00. The summed E-state index contributed by atoms with van der Waals surface area (Å²) in [5, 5.41) is 1.43. The molecule has 1 aromatic heterocycles. The number of aryl methyl sites for hydroxylation is 1. The van der Waals surface area contributed by atoms with Crippen LogP contribution in [-0.4, -0.2) is 28.2 Å². The molecule has 3 rings (SSSR count). The van der Waals surface area contributed by atoms with Gasteiger partial charge in [-0.3, -0.25) is 4.79 Å². The van der Waals surface area contributed by atoms with Crippen molar-refractivity contribution in [3.8, 4) is 5.75 Å². The number of methoxy groups -OCH3 is 1. The third kappa shape index (κ3) is 3.35. The van der Waals surface area contributed by atoms with Crippen LogP contribution in [0.2, 0.25) is 5.02 Å². The molecule has 0 amide bonds. The summed E-state index contributed by atoms with van der Waals surface area (Å²) in [7, 11) is 3.57. The van der Waals surface area contributed by atoms with Crippen LogP contribution in [0.15, 0.2) is 47.6 Å². The van der Waals surface area contributed by atoms with Crippen molar-refractivity contribution < 1.29 is 9.53 Å². The summed E-state index contributed by atoms with van der Waals surface area (Å²) in [6.45, 7) is 0. The highest BCUT2D eigenvalue weighted by molar-refractivity contribution is 7.99. The molecule has 3 aromatic rings. The lowest BCUT2D eigenvalue weighted by atomic mass is 10.1. The number of Topliss-reactive ketones (excluding diaryl/α,β-unsaturated/α-hetero) is 1. The molecular formula is C17H15ClN2O2S. The molecule has 0 aliphatic rings. The summed E-state index contributed by atoms with van der Waals surface area (Å²) in [6.07, 6.45) is 0. The van der Waals surface area contributed by atoms with E-state index in [0.717, 1.165) is 21.9 Å². The summed E-state index contributed by atoms with van der Waals surface area (Å²) in [4.78, 5) is 16.8. The van der Waals surface area contributed by atoms with Gasteiger partial charge in [-0.05, 0) is 36.4 Å². The van der Waals surface area contributed by atoms with Gasteiger partial charge in [-0.2, -0.15) is 0 Å². The third-order valence-electron chi connectivity index (χ3n) is 3.55. The van der Waals surface area contributed by atoms with E-state index >= 15 is 0 Å². The number of rotatable bonds is 5. The summed E-state index contributed by atoms with van der Waals surface area (Å²) in [6, 6.07) is 12.7. The highest BCUT2D eigenvalue weighted by Crippen LogP contribution is 2.26. The maximum absolute atomic E-state index is 12.2. The molecule has 0 saturated heterocycles. The van der Waals surface area contributed by atoms with Crippen LogP contribution < -0.4 is 4.74 Å². The first-order chi connectivity index (χ1) is 11.1. The van der Waals surface area contributed by atoms with Gasteiger partial charge in [0.2, 0.25) is 0 Å². The molecule has 0 unspecified atom stereocenters. The van der Waals surface area contributed by atoms with Gasteiger partial charge in [0.1, 0.15) is 5.75 Å². The SMILES string of the molecule is COc1ccc2c(c1)nc(SCC(=O)c1ccc(Cl)cc1)n2C. The Morgan fingerprint density at radius 2 is 2.00 bits per heavy atom. The maximum Gasteiger partial charge on any atom is 0.173 e. The molecule has 0 atom stereocenters. The summed E-state index contributed by atoms with van der Waals surface area (Å²) in [5.41, 5.74) is 2.52. The van der Waals surface area contributed by atoms with E-state index in [1.165, 1.54) is 11.8 Å². The predicted octanol–water partition coefficient (Wildman–Crippen LogP) is 4.21. The van der Waals surface area contributed by atoms with Crippen LogP contribution in [0.3, 0.4) is 0 Å². The van der Waals surface area contributed by atoms with Gasteiger partial charge >= 0.3 is 0 Å². The molecule has 23 heavy (non-hydrogen) atoms. The lowest BCUT2D eigenvalue weighted by molar-refractivity contribution is 0.102. The third-order valence-corrected chi connectivity index (χ3v) is 4.83. The fraction of sp³-hybridized carbons (Fsp3) is 0.176. The Hall–Kier alpha value is -1.98. The van der Waals surface area contributed by atoms with Gasteiger partial charge in [0, 0.05) is 23.7 Å². The minimum atomic E-state index is 0.0521. The van der Waals surface area contributed by atoms with E-state index in [1.807, 2.05) is 29.8 Å². The number of thioether (sulfide) groups is 1. The van der Waals surface area contributed by atoms with Crippen molar-refractivity contribution in [1.82, 2.24) is 9.55 Å². The molecule has 118 valence electrons. The van der Waals surface area contributed by atoms with E-state index in [1.54, 1.807) is 31.4 Å². The Labute approximate surface area is 143 Å². The molecular weight excluding hydrogens is 332 g/mol. The van der Waals surface area contributed by atoms with E-state index in [9.17, 15) is 4.79 Å². The van der Waals surface area contributed by atoms with Gasteiger partial charge in [-0.15, -0.1) is 0 Å². The van der Waals surface area contributed by atoms with Crippen LogP contribution in [0, 0.1) is 0 Å². The van der Waals surface area contributed by atoms with E-state index < -0.39 is 0 Å². The largest absolute Gasteiger partial charge is 0.497 e. The number of carbonyl (C=O) groups is 1. The van der Waals surface area contributed by atoms with Gasteiger partial charge in [0.05, 0.1) is 23.9 Å². The van der Waals surface area contributed by atoms with Crippen LogP contribution in [0.25, 0.3) is 11.0 Å². The quantitative estimate of drug-likeness (QED) is 0.512. The molecule has 0 bridgehead atoms. The maximum atomic E-state index is 12.2. The van der Waals surface area contributed by atoms with Gasteiger partial charge in [-0.1, -0.05) is 23.4 Å². The molecule has 0 radical (unpaired) electrons. The molecule has 0 aliphatic heterocycles. The van der Waals surface area contributed by atoms with E-state index in [0.29, 0.717) is 16.3 Å². The van der Waals surface area contributed by atoms with Gasteiger partial charge in [0.15, 0.2) is 10.9 Å². The highest BCUT2D eigenvalue weighted by atomic mass is 35.5. The first kappa shape index (κ1) is 15.9. The molecule has 0 aliphatic carbocycles. The van der Waals surface area contributed by atoms with Gasteiger partial charge in [0.25, 0.3) is 0 Å². The van der Waals surface area contributed by atoms with Crippen LogP contribution >= 0.6 is 23.4 Å². The van der Waals surface area contributed by atoms with Crippen molar-refractivity contribution in [2.24, 2.45) is 7.05 Å². The summed E-state index contributed by atoms with van der Waals surface area (Å²) in [5.74, 6) is 1.15. The number of nitrogens with zero attached hydrogens (tertiary/aromatic N) is 2. The number of aromatic nitrogens is 2. The zero-order chi connectivity index (χ0) is 16.4. The van der Waals surface area contributed by atoms with Crippen molar-refractivity contribution in [2.75, 3.05) is 12.9 Å². The number of fused-ring (bicyclic) bond motifs is 1. The molecule has 2 aromatic carbocycles. The van der Waals surface area contributed by atoms with Crippen LogP contribution in [0.4, 0.5) is 0 Å². The van der Waals surface area contributed by atoms with E-state index in [4.69, 9.17) is 16.3 Å². The zero-order valence-corrected chi connectivity index (χ0v) is 14.3. The normalized spacial score (nSPS) is 10.9. The number of halogens is 1. The Morgan fingerprint density at radius 1 is 1.26 bits per heavy atom. The van der Waals surface area contributed by atoms with Gasteiger partial charge in [-0.25, -0.2) is 4.98 Å². The second-order valence-corrected chi connectivity index (χ2v) is 6.41. The Kier molecular flexibility index (Phi) is 4.59. The molecule has 0 fully saturated rings. The minimum absolute atomic E-state index is 0.0521. The smallest absolute Gasteiger partial charge is 0.173 e. The Balaban J connectivity index is 1.77. The van der Waals surface area contributed by atoms with Crippen LogP contribution in [0.1, 0.15) is 10.4 Å². The van der Waals surface area contributed by atoms with Crippen molar-refractivity contribution in [3.05, 3.63) is 53.1 Å². The number of benzene rings is 2. The Morgan fingerprint density at radius 3 is 2.70 bits per heavy atom. The number of carbonyl (C=O) groups excluding carboxylic acids is 1. The van der Waals surface area contributed by atoms with E-state index in [-0.39, 0.29) is 5.78 Å². The number of hydrogen-bond donors (Lipinski definition) is 0. The number of hydrogen-bond acceptors (Lipinski definition) is 4. The summed E-state index contributed by atoms with van der Waals surface area (Å²) < 4.78 is 7.20. The molecule has 0 spiro atoms. The fourth-order valence-corrected chi connectivity index (χ4v) is 3.27. The molecule has 0 N–H and O–H groups in total. The molecule has 4 nitrogen and oxygen atoms in total. The first-order valence-corrected chi connectivity index (χ1v) is 8.37. The summed E-state index contributed by atoms with van der Waals surface area (Å²) >= 11 is 7.26. The lowest BCUT2D eigenvalue weighted by Gasteiger charge is -2.03. The monoisotopic (exact) mass is 346 g/mol. The highest BCUT2D eigenvalue weighted by Gasteiger charge is 2.12. The van der Waals surface area contributed by atoms with Crippen molar-refractivity contribution in [1.29, 1.82) is 0 Å². The average molecular weight is 347 g/mol. The van der Waals surface area contributed by atoms with E-state index in [2.05, 4.69) is 4.98 Å². The fourth-order valence-electron chi connectivity index (χ4n) is 2.26. The molecule has 6 heteroatoms. The van der Waals surface area contributed by atoms with Crippen molar-refractivity contribution >= 4 is 40.2 Å². The zero-order valence-electron chi connectivity index (χ0n) is 12.7. The second-order valence-electron chi connectivity index (χ2n) is 5.03. The molecule has 0 saturated carbocycles. The topological polar surface area (TPSA) is 44.1 Å². The second kappa shape index (κ2) is 6.64. The minimum Gasteiger partial charge on any atom is -0.497 e. The number of imidazole rings is 1. The average Bonchev–Trinajstić information content (AvgIpc) is 2.88. The van der Waals surface area contributed by atoms with Gasteiger partial charge < -0.3 is 9.30 Å². The number of ketones is 1. The predicted molar refractivity (Wildman–Crippen MR) is 93.8 cm³/mol. The Bertz CT molecular complexity index is 859. The van der Waals surface area contributed by atoms with Crippen LogP contribution in [0.5, 0.6) is 5.75 Å². The van der Waals surface area contributed by atoms with Crippen molar-refractivity contribution in [2.45, 2.75) is 5.16 Å².